The van der Waals surface area contributed by atoms with Crippen LogP contribution in [0, 0.1) is 5.82 Å². The third-order valence-corrected chi connectivity index (χ3v) is 2.86. The van der Waals surface area contributed by atoms with E-state index in [0.717, 1.165) is 18.5 Å². The Morgan fingerprint density at radius 3 is 2.47 bits per heavy atom. The second-order valence-electron chi connectivity index (χ2n) is 3.84. The van der Waals surface area contributed by atoms with Crippen LogP contribution in [-0.2, 0) is 10.3 Å². The van der Waals surface area contributed by atoms with Gasteiger partial charge in [0.1, 0.15) is 5.82 Å². The average molecular weight is 209 g/mol. The van der Waals surface area contributed by atoms with Gasteiger partial charge in [-0.2, -0.15) is 0 Å². The van der Waals surface area contributed by atoms with Gasteiger partial charge in [-0.05, 0) is 30.7 Å². The maximum absolute atomic E-state index is 12.7. The van der Waals surface area contributed by atoms with Crippen molar-refractivity contribution in [3.8, 4) is 0 Å². The molecule has 1 aromatic rings. The van der Waals surface area contributed by atoms with Crippen LogP contribution in [0.15, 0.2) is 24.3 Å². The number of hydrogen-bond donors (Lipinski definition) is 2. The fourth-order valence-electron chi connectivity index (χ4n) is 1.95. The minimum absolute atomic E-state index is 0.0403. The lowest BCUT2D eigenvalue weighted by molar-refractivity contribution is -0.139. The van der Waals surface area contributed by atoms with E-state index in [1.165, 1.54) is 12.1 Å². The van der Waals surface area contributed by atoms with E-state index in [2.05, 4.69) is 5.32 Å². The number of benzene rings is 1. The summed E-state index contributed by atoms with van der Waals surface area (Å²) in [7, 11) is 0. The lowest BCUT2D eigenvalue weighted by Gasteiger charge is -2.42. The van der Waals surface area contributed by atoms with Crippen LogP contribution in [0.5, 0.6) is 0 Å². The third-order valence-electron chi connectivity index (χ3n) is 2.86. The molecule has 1 atom stereocenters. The number of hydrogen-bond acceptors (Lipinski definition) is 2. The zero-order valence-electron chi connectivity index (χ0n) is 8.16. The standard InChI is InChI=1S/C11H12FNO2/c12-9-3-1-8(2-4-9)11(5-6-13-11)7-10(14)15/h1-4,13H,5-7H2,(H,14,15). The van der Waals surface area contributed by atoms with Gasteiger partial charge in [-0.15, -0.1) is 0 Å². The van der Waals surface area contributed by atoms with Gasteiger partial charge in [0.05, 0.1) is 12.0 Å². The van der Waals surface area contributed by atoms with Crippen LogP contribution in [-0.4, -0.2) is 17.6 Å². The summed E-state index contributed by atoms with van der Waals surface area (Å²) in [4.78, 5) is 10.7. The van der Waals surface area contributed by atoms with E-state index < -0.39 is 11.5 Å². The molecule has 2 rings (SSSR count). The molecule has 0 bridgehead atoms. The molecule has 80 valence electrons. The van der Waals surface area contributed by atoms with E-state index in [9.17, 15) is 9.18 Å². The summed E-state index contributed by atoms with van der Waals surface area (Å²) >= 11 is 0. The van der Waals surface area contributed by atoms with E-state index in [1.54, 1.807) is 12.1 Å². The monoisotopic (exact) mass is 209 g/mol. The van der Waals surface area contributed by atoms with E-state index >= 15 is 0 Å². The van der Waals surface area contributed by atoms with Gasteiger partial charge < -0.3 is 10.4 Å². The molecule has 15 heavy (non-hydrogen) atoms. The van der Waals surface area contributed by atoms with Crippen LogP contribution in [0.1, 0.15) is 18.4 Å². The minimum Gasteiger partial charge on any atom is -0.481 e. The topological polar surface area (TPSA) is 49.3 Å². The third kappa shape index (κ3) is 1.85. The van der Waals surface area contributed by atoms with E-state index in [4.69, 9.17) is 5.11 Å². The van der Waals surface area contributed by atoms with Crippen molar-refractivity contribution in [2.24, 2.45) is 0 Å². The zero-order chi connectivity index (χ0) is 10.9. The number of aliphatic carboxylic acids is 1. The van der Waals surface area contributed by atoms with Crippen molar-refractivity contribution in [1.29, 1.82) is 0 Å². The smallest absolute Gasteiger partial charge is 0.305 e. The molecule has 1 fully saturated rings. The molecule has 1 saturated heterocycles. The normalized spacial score (nSPS) is 24.6. The Hall–Kier alpha value is -1.42. The molecule has 0 amide bonds. The highest BCUT2D eigenvalue weighted by molar-refractivity contribution is 5.69. The van der Waals surface area contributed by atoms with Crippen molar-refractivity contribution < 1.29 is 14.3 Å². The molecule has 1 heterocycles. The molecule has 0 aromatic heterocycles. The van der Waals surface area contributed by atoms with Crippen molar-refractivity contribution in [1.82, 2.24) is 5.32 Å². The van der Waals surface area contributed by atoms with Crippen LogP contribution in [0.3, 0.4) is 0 Å². The molecule has 3 nitrogen and oxygen atoms in total. The highest BCUT2D eigenvalue weighted by Crippen LogP contribution is 2.34. The van der Waals surface area contributed by atoms with Gasteiger partial charge in [0, 0.05) is 0 Å². The number of carboxylic acid groups (broad SMARTS) is 1. The van der Waals surface area contributed by atoms with E-state index in [-0.39, 0.29) is 12.2 Å². The van der Waals surface area contributed by atoms with Crippen molar-refractivity contribution in [2.75, 3.05) is 6.54 Å². The quantitative estimate of drug-likeness (QED) is 0.792. The van der Waals surface area contributed by atoms with Gasteiger partial charge in [-0.1, -0.05) is 12.1 Å². The van der Waals surface area contributed by atoms with Gasteiger partial charge in [0.2, 0.25) is 0 Å². The number of rotatable bonds is 3. The highest BCUT2D eigenvalue weighted by Gasteiger charge is 2.40. The lowest BCUT2D eigenvalue weighted by Crippen LogP contribution is -2.55. The molecule has 1 aromatic carbocycles. The van der Waals surface area contributed by atoms with Gasteiger partial charge in [-0.25, -0.2) is 4.39 Å². The fourth-order valence-corrected chi connectivity index (χ4v) is 1.95. The second kappa shape index (κ2) is 3.62. The van der Waals surface area contributed by atoms with Crippen LogP contribution in [0.2, 0.25) is 0 Å². The van der Waals surface area contributed by atoms with Crippen molar-refractivity contribution >= 4 is 5.97 Å². The van der Waals surface area contributed by atoms with E-state index in [1.807, 2.05) is 0 Å². The Balaban J connectivity index is 2.26. The molecule has 0 spiro atoms. The summed E-state index contributed by atoms with van der Waals surface area (Å²) in [5.41, 5.74) is 0.358. The van der Waals surface area contributed by atoms with Crippen molar-refractivity contribution in [3.63, 3.8) is 0 Å². The zero-order valence-corrected chi connectivity index (χ0v) is 8.16. The van der Waals surface area contributed by atoms with Gasteiger partial charge in [0.25, 0.3) is 0 Å². The first-order valence-corrected chi connectivity index (χ1v) is 4.85. The summed E-state index contributed by atoms with van der Waals surface area (Å²) in [5.74, 6) is -1.14. The Morgan fingerprint density at radius 2 is 2.07 bits per heavy atom. The van der Waals surface area contributed by atoms with Crippen molar-refractivity contribution in [3.05, 3.63) is 35.6 Å². The fraction of sp³-hybridized carbons (Fsp3) is 0.364. The molecular weight excluding hydrogens is 197 g/mol. The number of carbonyl (C=O) groups is 1. The summed E-state index contributed by atoms with van der Waals surface area (Å²) < 4.78 is 12.7. The molecule has 0 saturated carbocycles. The molecule has 0 radical (unpaired) electrons. The van der Waals surface area contributed by atoms with Crippen molar-refractivity contribution in [2.45, 2.75) is 18.4 Å². The Labute approximate surface area is 86.9 Å². The largest absolute Gasteiger partial charge is 0.481 e. The van der Waals surface area contributed by atoms with Crippen LogP contribution < -0.4 is 5.32 Å². The lowest BCUT2D eigenvalue weighted by atomic mass is 9.78. The second-order valence-corrected chi connectivity index (χ2v) is 3.84. The number of carboxylic acids is 1. The number of halogens is 1. The average Bonchev–Trinajstić information content (AvgIpc) is 2.13. The molecular formula is C11H12FNO2. The number of nitrogens with one attached hydrogen (secondary N) is 1. The maximum Gasteiger partial charge on any atom is 0.305 e. The molecule has 0 aliphatic carbocycles. The highest BCUT2D eigenvalue weighted by atomic mass is 19.1. The van der Waals surface area contributed by atoms with Gasteiger partial charge in [-0.3, -0.25) is 4.79 Å². The Morgan fingerprint density at radius 1 is 1.47 bits per heavy atom. The SMILES string of the molecule is O=C(O)CC1(c2ccc(F)cc2)CCN1. The predicted octanol–water partition coefficient (Wildman–Crippen LogP) is 1.49. The Bertz CT molecular complexity index is 371. The van der Waals surface area contributed by atoms with Crippen LogP contribution >= 0.6 is 0 Å². The first-order chi connectivity index (χ1) is 7.12. The summed E-state index contributed by atoms with van der Waals surface area (Å²) in [6.45, 7) is 0.810. The molecule has 1 unspecified atom stereocenters. The van der Waals surface area contributed by atoms with Gasteiger partial charge >= 0.3 is 5.97 Å². The van der Waals surface area contributed by atoms with Crippen LogP contribution in [0.25, 0.3) is 0 Å². The molecule has 2 N–H and O–H groups in total. The molecule has 1 aliphatic rings. The van der Waals surface area contributed by atoms with E-state index in [0.29, 0.717) is 0 Å². The molecule has 4 heteroatoms. The summed E-state index contributed by atoms with van der Waals surface area (Å²) in [5, 5.41) is 11.9. The molecule has 1 aliphatic heterocycles. The van der Waals surface area contributed by atoms with Gasteiger partial charge in [0.15, 0.2) is 0 Å². The first-order valence-electron chi connectivity index (χ1n) is 4.85. The Kier molecular flexibility index (Phi) is 2.44. The predicted molar refractivity (Wildman–Crippen MR) is 53.0 cm³/mol. The maximum atomic E-state index is 12.7. The summed E-state index contributed by atoms with van der Waals surface area (Å²) in [6, 6.07) is 6.01. The van der Waals surface area contributed by atoms with Crippen LogP contribution in [0.4, 0.5) is 4.39 Å². The first kappa shape index (κ1) is 10.1. The summed E-state index contributed by atoms with van der Waals surface area (Å²) in [6.07, 6.45) is 0.823. The minimum atomic E-state index is -0.841.